The first-order chi connectivity index (χ1) is 15.4. The molecule has 2 amide bonds. The Morgan fingerprint density at radius 2 is 1.94 bits per heavy atom. The number of likely N-dealkylation sites (tertiary alicyclic amines) is 1. The number of carbonyl (C=O) groups excluding carboxylic acids is 1. The second kappa shape index (κ2) is 8.18. The van der Waals surface area contributed by atoms with Crippen LogP contribution in [0.15, 0.2) is 53.3 Å². The van der Waals surface area contributed by atoms with Gasteiger partial charge < -0.3 is 14.6 Å². The number of halogens is 1. The number of furan rings is 1. The zero-order chi connectivity index (χ0) is 22.3. The first-order valence-corrected chi connectivity index (χ1v) is 12.0. The predicted octanol–water partition coefficient (Wildman–Crippen LogP) is 3.39. The fourth-order valence-electron chi connectivity index (χ4n) is 4.37. The lowest BCUT2D eigenvalue weighted by atomic mass is 9.91. The number of benzene rings is 1. The first-order valence-electron chi connectivity index (χ1n) is 10.5. The monoisotopic (exact) mass is 458 g/mol. The van der Waals surface area contributed by atoms with Crippen LogP contribution in [0.3, 0.4) is 0 Å². The van der Waals surface area contributed by atoms with Crippen LogP contribution in [0, 0.1) is 5.82 Å². The number of hydrogen-bond acceptors (Lipinski definition) is 5. The Labute approximate surface area is 185 Å². The van der Waals surface area contributed by atoms with Gasteiger partial charge in [0.2, 0.25) is 10.0 Å². The number of amides is 2. The number of carbonyl (C=O) groups is 1. The molecule has 0 atom stereocenters. The molecular weight excluding hydrogens is 435 g/mol. The van der Waals surface area contributed by atoms with E-state index in [-0.39, 0.29) is 19.0 Å². The highest BCUT2D eigenvalue weighted by Crippen LogP contribution is 2.35. The van der Waals surface area contributed by atoms with Crippen molar-refractivity contribution in [3.8, 4) is 0 Å². The molecule has 0 unspecified atom stereocenters. The predicted molar refractivity (Wildman–Crippen MR) is 117 cm³/mol. The summed E-state index contributed by atoms with van der Waals surface area (Å²) in [5.41, 5.74) is 2.95. The summed E-state index contributed by atoms with van der Waals surface area (Å²) in [7, 11) is -3.49. The van der Waals surface area contributed by atoms with Crippen LogP contribution in [0.2, 0.25) is 0 Å². The summed E-state index contributed by atoms with van der Waals surface area (Å²) in [5, 5.41) is 1.98. The van der Waals surface area contributed by atoms with Crippen molar-refractivity contribution in [2.24, 2.45) is 0 Å². The Hall–Kier alpha value is -2.98. The molecule has 5 rings (SSSR count). The van der Waals surface area contributed by atoms with Crippen molar-refractivity contribution < 1.29 is 22.0 Å². The van der Waals surface area contributed by atoms with Gasteiger partial charge in [-0.05, 0) is 49.1 Å². The highest BCUT2D eigenvalue weighted by molar-refractivity contribution is 7.89. The van der Waals surface area contributed by atoms with Crippen molar-refractivity contribution in [2.75, 3.05) is 31.5 Å². The lowest BCUT2D eigenvalue weighted by Gasteiger charge is -2.42. The van der Waals surface area contributed by atoms with Crippen LogP contribution in [-0.2, 0) is 10.0 Å². The number of nitrogens with one attached hydrogen (secondary N) is 1. The van der Waals surface area contributed by atoms with Gasteiger partial charge in [0.25, 0.3) is 0 Å². The van der Waals surface area contributed by atoms with E-state index in [2.05, 4.69) is 10.3 Å². The lowest BCUT2D eigenvalue weighted by molar-refractivity contribution is 0.179. The third kappa shape index (κ3) is 3.84. The Morgan fingerprint density at radius 1 is 1.16 bits per heavy atom. The van der Waals surface area contributed by atoms with Crippen molar-refractivity contribution in [1.29, 1.82) is 0 Å². The fraction of sp³-hybridized carbons (Fsp3) is 0.364. The molecule has 32 heavy (non-hydrogen) atoms. The molecule has 4 heterocycles. The van der Waals surface area contributed by atoms with Crippen molar-refractivity contribution in [3.05, 3.63) is 60.2 Å². The zero-order valence-corrected chi connectivity index (χ0v) is 18.1. The Bertz CT molecular complexity index is 1250. The first kappa shape index (κ1) is 20.9. The molecule has 10 heteroatoms. The Balaban J connectivity index is 1.16. The fourth-order valence-corrected chi connectivity index (χ4v) is 6.25. The van der Waals surface area contributed by atoms with Crippen LogP contribution in [-0.4, -0.2) is 60.1 Å². The molecule has 2 aliphatic heterocycles. The van der Waals surface area contributed by atoms with E-state index < -0.39 is 27.1 Å². The van der Waals surface area contributed by atoms with E-state index in [0.29, 0.717) is 31.6 Å². The number of urea groups is 1. The quantitative estimate of drug-likeness (QED) is 0.647. The number of hydrogen-bond donors (Lipinski definition) is 1. The zero-order valence-electron chi connectivity index (χ0n) is 17.3. The maximum atomic E-state index is 13.3. The average Bonchev–Trinajstić information content (AvgIpc) is 3.17. The van der Waals surface area contributed by atoms with Crippen LogP contribution >= 0.6 is 0 Å². The lowest BCUT2D eigenvalue weighted by Crippen LogP contribution is -2.61. The van der Waals surface area contributed by atoms with E-state index >= 15 is 0 Å². The molecule has 2 aliphatic rings. The number of piperidine rings is 1. The summed E-state index contributed by atoms with van der Waals surface area (Å²) < 4.78 is 46.5. The summed E-state index contributed by atoms with van der Waals surface area (Å²) in [4.78, 5) is 18.1. The number of pyridine rings is 1. The molecule has 2 aromatic heterocycles. The Kier molecular flexibility index (Phi) is 5.34. The minimum Gasteiger partial charge on any atom is -0.462 e. The molecule has 0 spiro atoms. The number of anilines is 1. The largest absolute Gasteiger partial charge is 0.462 e. The van der Waals surface area contributed by atoms with Gasteiger partial charge in [-0.25, -0.2) is 21.9 Å². The molecule has 168 valence electrons. The number of sulfonamides is 1. The van der Waals surface area contributed by atoms with Gasteiger partial charge in [-0.2, -0.15) is 0 Å². The van der Waals surface area contributed by atoms with E-state index in [1.165, 1.54) is 27.4 Å². The molecule has 0 radical (unpaired) electrons. The highest BCUT2D eigenvalue weighted by Gasteiger charge is 2.44. The maximum Gasteiger partial charge on any atom is 0.321 e. The van der Waals surface area contributed by atoms with E-state index in [9.17, 15) is 17.6 Å². The van der Waals surface area contributed by atoms with E-state index in [4.69, 9.17) is 4.42 Å². The molecule has 2 fully saturated rings. The van der Waals surface area contributed by atoms with Crippen molar-refractivity contribution >= 4 is 32.8 Å². The highest BCUT2D eigenvalue weighted by atomic mass is 32.2. The molecule has 0 saturated carbocycles. The van der Waals surface area contributed by atoms with Gasteiger partial charge in [-0.1, -0.05) is 6.07 Å². The Morgan fingerprint density at radius 3 is 2.69 bits per heavy atom. The molecule has 0 bridgehead atoms. The minimum absolute atomic E-state index is 0.125. The van der Waals surface area contributed by atoms with Crippen LogP contribution in [0.4, 0.5) is 14.9 Å². The summed E-state index contributed by atoms with van der Waals surface area (Å²) in [6.07, 6.45) is 4.85. The van der Waals surface area contributed by atoms with E-state index in [1.54, 1.807) is 18.5 Å². The number of aromatic nitrogens is 1. The number of nitrogens with zero attached hydrogens (tertiary/aromatic N) is 3. The minimum atomic E-state index is -3.49. The van der Waals surface area contributed by atoms with Crippen LogP contribution in [0.5, 0.6) is 0 Å². The van der Waals surface area contributed by atoms with E-state index in [1.807, 2.05) is 12.1 Å². The van der Waals surface area contributed by atoms with Gasteiger partial charge >= 0.3 is 6.03 Å². The number of rotatable bonds is 4. The van der Waals surface area contributed by atoms with Gasteiger partial charge in [-0.3, -0.25) is 4.98 Å². The van der Waals surface area contributed by atoms with Crippen LogP contribution in [0.25, 0.3) is 11.1 Å². The SMILES string of the molecule is O=C(Nc1cccc(F)c1)N1CC(S(=O)(=O)N2CCC(c3coc4cccnc34)CC2)C1. The van der Waals surface area contributed by atoms with Gasteiger partial charge in [0, 0.05) is 43.6 Å². The van der Waals surface area contributed by atoms with Crippen LogP contribution < -0.4 is 5.32 Å². The molecule has 3 aromatic rings. The van der Waals surface area contributed by atoms with Gasteiger partial charge in [0.1, 0.15) is 16.6 Å². The van der Waals surface area contributed by atoms with Crippen molar-refractivity contribution in [2.45, 2.75) is 24.0 Å². The average molecular weight is 459 g/mol. The summed E-state index contributed by atoms with van der Waals surface area (Å²) >= 11 is 0. The molecule has 2 saturated heterocycles. The number of fused-ring (bicyclic) bond motifs is 1. The van der Waals surface area contributed by atoms with Crippen molar-refractivity contribution in [1.82, 2.24) is 14.2 Å². The van der Waals surface area contributed by atoms with E-state index in [0.717, 1.165) is 16.7 Å². The summed E-state index contributed by atoms with van der Waals surface area (Å²) in [6, 6.07) is 8.85. The van der Waals surface area contributed by atoms with Crippen LogP contribution in [0.1, 0.15) is 24.3 Å². The molecular formula is C22H23FN4O4S. The second-order valence-corrected chi connectivity index (χ2v) is 10.4. The maximum absolute atomic E-state index is 13.3. The van der Waals surface area contributed by atoms with Crippen molar-refractivity contribution in [3.63, 3.8) is 0 Å². The topological polar surface area (TPSA) is 95.8 Å². The normalized spacial score (nSPS) is 18.6. The summed E-state index contributed by atoms with van der Waals surface area (Å²) in [5.74, 6) is -0.248. The molecule has 8 nitrogen and oxygen atoms in total. The molecule has 1 N–H and O–H groups in total. The second-order valence-electron chi connectivity index (χ2n) is 8.23. The standard InChI is InChI=1S/C22H23FN4O4S/c23-16-3-1-4-17(11-16)25-22(28)26-12-18(13-26)32(29,30)27-9-6-15(7-10-27)19-14-31-20-5-2-8-24-21(19)20/h1-5,8,11,14-15,18H,6-7,9-10,12-13H2,(H,25,28). The smallest absolute Gasteiger partial charge is 0.321 e. The third-order valence-electron chi connectivity index (χ3n) is 6.24. The molecule has 0 aliphatic carbocycles. The van der Waals surface area contributed by atoms with Gasteiger partial charge in [0.15, 0.2) is 5.58 Å². The molecule has 1 aromatic carbocycles. The third-order valence-corrected chi connectivity index (χ3v) is 8.47. The van der Waals surface area contributed by atoms with Gasteiger partial charge in [0.05, 0.1) is 6.26 Å². The summed E-state index contributed by atoms with van der Waals surface area (Å²) in [6.45, 7) is 1.11. The van der Waals surface area contributed by atoms with Gasteiger partial charge in [-0.15, -0.1) is 0 Å².